The molecule has 166 valence electrons. The van der Waals surface area contributed by atoms with Crippen molar-refractivity contribution in [1.29, 1.82) is 0 Å². The Hall–Kier alpha value is -2.08. The summed E-state index contributed by atoms with van der Waals surface area (Å²) in [5.41, 5.74) is 1.36. The van der Waals surface area contributed by atoms with E-state index in [4.69, 9.17) is 16.3 Å². The van der Waals surface area contributed by atoms with Crippen LogP contribution in [0.15, 0.2) is 24.3 Å². The third kappa shape index (κ3) is 4.59. The average Bonchev–Trinajstić information content (AvgIpc) is 3.29. The molecule has 2 aromatic heterocycles. The third-order valence-electron chi connectivity index (χ3n) is 5.32. The van der Waals surface area contributed by atoms with Gasteiger partial charge in [-0.2, -0.15) is 4.98 Å². The Morgan fingerprint density at radius 2 is 2.00 bits per heavy atom. The van der Waals surface area contributed by atoms with Crippen molar-refractivity contribution >= 4 is 44.9 Å². The smallest absolute Gasteiger partial charge is 0.226 e. The Labute approximate surface area is 188 Å². The van der Waals surface area contributed by atoms with Gasteiger partial charge in [0.25, 0.3) is 0 Å². The zero-order chi connectivity index (χ0) is 22.0. The number of aromatic nitrogens is 3. The van der Waals surface area contributed by atoms with Crippen LogP contribution in [-0.4, -0.2) is 75.4 Å². The van der Waals surface area contributed by atoms with Crippen LogP contribution in [0.5, 0.6) is 0 Å². The molecular weight excluding hydrogens is 442 g/mol. The van der Waals surface area contributed by atoms with Gasteiger partial charge in [-0.15, -0.1) is 11.3 Å². The second-order valence-corrected chi connectivity index (χ2v) is 8.77. The van der Waals surface area contributed by atoms with Gasteiger partial charge in [0.2, 0.25) is 5.95 Å². The lowest BCUT2D eigenvalue weighted by Crippen LogP contribution is -2.35. The summed E-state index contributed by atoms with van der Waals surface area (Å²) in [5.74, 6) is 0.282. The number of benzene rings is 1. The highest BCUT2D eigenvalue weighted by atomic mass is 35.5. The van der Waals surface area contributed by atoms with Gasteiger partial charge in [-0.05, 0) is 18.6 Å². The number of anilines is 2. The summed E-state index contributed by atoms with van der Waals surface area (Å²) in [5, 5.41) is 37.3. The maximum atomic E-state index is 10.5. The van der Waals surface area contributed by atoms with E-state index in [1.807, 2.05) is 24.3 Å². The first-order valence-electron chi connectivity index (χ1n) is 9.91. The summed E-state index contributed by atoms with van der Waals surface area (Å²) in [7, 11) is 1.60. The molecule has 11 heteroatoms. The summed E-state index contributed by atoms with van der Waals surface area (Å²) in [4.78, 5) is 13.6. The minimum atomic E-state index is -1.06. The number of thiazole rings is 1. The number of aliphatic hydroxyl groups is 3. The van der Waals surface area contributed by atoms with E-state index in [2.05, 4.69) is 25.6 Å². The van der Waals surface area contributed by atoms with Gasteiger partial charge in [-0.3, -0.25) is 0 Å². The van der Waals surface area contributed by atoms with Crippen molar-refractivity contribution in [2.75, 3.05) is 37.5 Å². The summed E-state index contributed by atoms with van der Waals surface area (Å²) in [6.45, 7) is 0.745. The van der Waals surface area contributed by atoms with E-state index in [1.165, 1.54) is 11.3 Å². The lowest BCUT2D eigenvalue weighted by atomic mass is 10.1. The molecule has 1 aliphatic carbocycles. The van der Waals surface area contributed by atoms with Crippen LogP contribution in [0.25, 0.3) is 20.8 Å². The van der Waals surface area contributed by atoms with E-state index in [0.717, 1.165) is 10.2 Å². The third-order valence-corrected chi connectivity index (χ3v) is 6.65. The molecule has 0 saturated heterocycles. The highest BCUT2D eigenvalue weighted by molar-refractivity contribution is 7.21. The fraction of sp³-hybridized carbons (Fsp3) is 0.450. The molecule has 5 N–H and O–H groups in total. The lowest BCUT2D eigenvalue weighted by Gasteiger charge is -2.21. The first-order chi connectivity index (χ1) is 15.0. The van der Waals surface area contributed by atoms with Crippen LogP contribution in [0.1, 0.15) is 6.42 Å². The molecule has 1 fully saturated rings. The fourth-order valence-electron chi connectivity index (χ4n) is 3.67. The normalized spacial score (nSPS) is 23.4. The first-order valence-corrected chi connectivity index (χ1v) is 11.1. The number of rotatable bonds is 8. The van der Waals surface area contributed by atoms with Crippen molar-refractivity contribution in [1.82, 2.24) is 15.0 Å². The van der Waals surface area contributed by atoms with Gasteiger partial charge >= 0.3 is 0 Å². The molecule has 4 atom stereocenters. The van der Waals surface area contributed by atoms with Crippen molar-refractivity contribution in [3.63, 3.8) is 0 Å². The maximum Gasteiger partial charge on any atom is 0.226 e. The van der Waals surface area contributed by atoms with Gasteiger partial charge in [-0.1, -0.05) is 23.7 Å². The van der Waals surface area contributed by atoms with E-state index in [9.17, 15) is 15.3 Å². The van der Waals surface area contributed by atoms with E-state index >= 15 is 0 Å². The van der Waals surface area contributed by atoms with E-state index in [0.29, 0.717) is 41.9 Å². The summed E-state index contributed by atoms with van der Waals surface area (Å²) in [6, 6.07) is 7.23. The molecule has 9 nitrogen and oxygen atoms in total. The maximum absolute atomic E-state index is 10.5. The van der Waals surface area contributed by atoms with Crippen molar-refractivity contribution in [2.45, 2.75) is 24.7 Å². The number of hydrogen-bond acceptors (Lipinski definition) is 10. The molecule has 0 spiro atoms. The molecule has 3 aromatic rings. The number of aliphatic hydroxyl groups excluding tert-OH is 3. The highest BCUT2D eigenvalue weighted by Crippen LogP contribution is 2.39. The summed E-state index contributed by atoms with van der Waals surface area (Å²) < 4.78 is 6.05. The molecule has 4 unspecified atom stereocenters. The molecule has 0 radical (unpaired) electrons. The minimum Gasteiger partial charge on any atom is -0.396 e. The summed E-state index contributed by atoms with van der Waals surface area (Å²) >= 11 is 8.03. The Kier molecular flexibility index (Phi) is 6.85. The fourth-order valence-corrected chi connectivity index (χ4v) is 5.00. The number of nitrogens with zero attached hydrogens (tertiary/aromatic N) is 3. The van der Waals surface area contributed by atoms with Gasteiger partial charge in [0.15, 0.2) is 0 Å². The standard InChI is InChI=1S/C20H24ClN5O4S/c1-30-7-6-22-20-25-17(21)14(19-24-11-4-2-3-5-13(11)31-19)18(26-20)23-12-8-10(9-27)15(28)16(12)29/h2-5,10,12,15-16,27-29H,6-9H2,1H3,(H2,22,23,25,26). The number of para-hydroxylation sites is 1. The number of halogens is 1. The second kappa shape index (κ2) is 9.60. The Bertz CT molecular complexity index is 1020. The molecule has 0 aliphatic heterocycles. The van der Waals surface area contributed by atoms with E-state index in [1.54, 1.807) is 7.11 Å². The molecule has 2 heterocycles. The zero-order valence-corrected chi connectivity index (χ0v) is 18.4. The first kappa shape index (κ1) is 22.1. The highest BCUT2D eigenvalue weighted by Gasteiger charge is 2.41. The quantitative estimate of drug-likeness (QED) is 0.250. The van der Waals surface area contributed by atoms with Crippen molar-refractivity contribution in [3.8, 4) is 10.6 Å². The van der Waals surface area contributed by atoms with Crippen LogP contribution in [0, 0.1) is 5.92 Å². The van der Waals surface area contributed by atoms with Gasteiger partial charge in [-0.25, -0.2) is 9.97 Å². The predicted molar refractivity (Wildman–Crippen MR) is 121 cm³/mol. The zero-order valence-electron chi connectivity index (χ0n) is 16.8. The topological polar surface area (TPSA) is 133 Å². The SMILES string of the molecule is COCCNc1nc(Cl)c(-c2nc3ccccc3s2)c(NC2CC(CO)C(O)C2O)n1. The second-order valence-electron chi connectivity index (χ2n) is 7.38. The van der Waals surface area contributed by atoms with Gasteiger partial charge < -0.3 is 30.7 Å². The van der Waals surface area contributed by atoms with Gasteiger partial charge in [0.1, 0.15) is 22.1 Å². The van der Waals surface area contributed by atoms with Crippen LogP contribution in [-0.2, 0) is 4.74 Å². The molecule has 0 amide bonds. The molecule has 1 aliphatic rings. The number of hydrogen-bond donors (Lipinski definition) is 5. The minimum absolute atomic E-state index is 0.211. The van der Waals surface area contributed by atoms with Gasteiger partial charge in [0.05, 0.1) is 34.5 Å². The largest absolute Gasteiger partial charge is 0.396 e. The molecular formula is C20H24ClN5O4S. The van der Waals surface area contributed by atoms with Crippen molar-refractivity contribution in [3.05, 3.63) is 29.4 Å². The molecule has 31 heavy (non-hydrogen) atoms. The van der Waals surface area contributed by atoms with Crippen LogP contribution < -0.4 is 10.6 Å². The number of methoxy groups -OCH3 is 1. The average molecular weight is 466 g/mol. The van der Waals surface area contributed by atoms with Crippen molar-refractivity contribution in [2.24, 2.45) is 5.92 Å². The number of fused-ring (bicyclic) bond motifs is 1. The van der Waals surface area contributed by atoms with Crippen LogP contribution in [0.3, 0.4) is 0 Å². The molecule has 1 saturated carbocycles. The van der Waals surface area contributed by atoms with Crippen LogP contribution in [0.2, 0.25) is 5.15 Å². The summed E-state index contributed by atoms with van der Waals surface area (Å²) in [6.07, 6.45) is -1.70. The number of ether oxygens (including phenoxy) is 1. The van der Waals surface area contributed by atoms with Crippen LogP contribution >= 0.6 is 22.9 Å². The molecule has 0 bridgehead atoms. The Balaban J connectivity index is 1.72. The van der Waals surface area contributed by atoms with Crippen molar-refractivity contribution < 1.29 is 20.1 Å². The Morgan fingerprint density at radius 3 is 2.71 bits per heavy atom. The molecule has 4 rings (SSSR count). The van der Waals surface area contributed by atoms with Gasteiger partial charge in [0, 0.05) is 26.2 Å². The van der Waals surface area contributed by atoms with E-state index < -0.39 is 24.2 Å². The Morgan fingerprint density at radius 1 is 1.19 bits per heavy atom. The number of nitrogens with one attached hydrogen (secondary N) is 2. The predicted octanol–water partition coefficient (Wildman–Crippen LogP) is 1.98. The van der Waals surface area contributed by atoms with Crippen LogP contribution in [0.4, 0.5) is 11.8 Å². The molecule has 1 aromatic carbocycles. The lowest BCUT2D eigenvalue weighted by molar-refractivity contribution is 0.00446. The van der Waals surface area contributed by atoms with E-state index in [-0.39, 0.29) is 11.8 Å². The monoisotopic (exact) mass is 465 g/mol.